The van der Waals surface area contributed by atoms with Crippen molar-refractivity contribution in [3.63, 3.8) is 0 Å². The Labute approximate surface area is 81.2 Å². The lowest BCUT2D eigenvalue weighted by atomic mass is 9.85. The summed E-state index contributed by atoms with van der Waals surface area (Å²) in [5.41, 5.74) is 1.28. The summed E-state index contributed by atoms with van der Waals surface area (Å²) >= 11 is 0. The summed E-state index contributed by atoms with van der Waals surface area (Å²) in [7, 11) is 0. The number of hydrogen-bond donors (Lipinski definition) is 0. The van der Waals surface area contributed by atoms with E-state index in [1.807, 2.05) is 6.08 Å². The minimum absolute atomic E-state index is 0.338. The first kappa shape index (κ1) is 10.5. The Hall–Kier alpha value is -0.590. The number of unbranched alkanes of at least 4 members (excludes halogenated alkanes) is 2. The van der Waals surface area contributed by atoms with Crippen molar-refractivity contribution in [2.45, 2.75) is 52.4 Å². The number of rotatable bonds is 4. The molecule has 0 unspecified atom stereocenters. The highest BCUT2D eigenvalue weighted by molar-refractivity contribution is 5.91. The molecule has 0 N–H and O–H groups in total. The van der Waals surface area contributed by atoms with E-state index >= 15 is 0 Å². The Morgan fingerprint density at radius 2 is 2.15 bits per heavy atom. The van der Waals surface area contributed by atoms with Gasteiger partial charge in [-0.25, -0.2) is 0 Å². The molecule has 1 aliphatic carbocycles. The van der Waals surface area contributed by atoms with E-state index in [4.69, 9.17) is 0 Å². The molecule has 0 aromatic rings. The fraction of sp³-hybridized carbons (Fsp3) is 0.750. The molecule has 13 heavy (non-hydrogen) atoms. The van der Waals surface area contributed by atoms with Gasteiger partial charge < -0.3 is 0 Å². The molecule has 0 heterocycles. The molecule has 0 bridgehead atoms. The molecule has 0 fully saturated rings. The molecule has 0 spiro atoms. The van der Waals surface area contributed by atoms with Crippen LogP contribution < -0.4 is 0 Å². The first-order chi connectivity index (χ1) is 6.22. The Balaban J connectivity index is 2.29. The summed E-state index contributed by atoms with van der Waals surface area (Å²) in [5, 5.41) is 0. The van der Waals surface area contributed by atoms with Crippen LogP contribution in [0.5, 0.6) is 0 Å². The van der Waals surface area contributed by atoms with E-state index in [-0.39, 0.29) is 0 Å². The molecular formula is C12H20O. The second-order valence-corrected chi connectivity index (χ2v) is 4.23. The van der Waals surface area contributed by atoms with Gasteiger partial charge in [0.05, 0.1) is 0 Å². The SMILES string of the molecule is CCCCC[C@@H]1CC(=O)C=C(C)C1. The molecule has 1 aliphatic rings. The van der Waals surface area contributed by atoms with Crippen LogP contribution in [0.3, 0.4) is 0 Å². The predicted molar refractivity (Wildman–Crippen MR) is 55.6 cm³/mol. The second kappa shape index (κ2) is 5.21. The molecular weight excluding hydrogens is 160 g/mol. The molecule has 0 aromatic heterocycles. The molecule has 1 nitrogen and oxygen atoms in total. The van der Waals surface area contributed by atoms with Crippen molar-refractivity contribution in [1.82, 2.24) is 0 Å². The molecule has 0 aliphatic heterocycles. The van der Waals surface area contributed by atoms with Gasteiger partial charge in [-0.15, -0.1) is 0 Å². The van der Waals surface area contributed by atoms with Crippen molar-refractivity contribution < 1.29 is 4.79 Å². The molecule has 0 saturated carbocycles. The summed E-state index contributed by atoms with van der Waals surface area (Å²) in [6.07, 6.45) is 8.88. The Kier molecular flexibility index (Phi) is 4.20. The van der Waals surface area contributed by atoms with Crippen molar-refractivity contribution in [1.29, 1.82) is 0 Å². The highest BCUT2D eigenvalue weighted by Gasteiger charge is 2.17. The van der Waals surface area contributed by atoms with Crippen LogP contribution in [0.25, 0.3) is 0 Å². The van der Waals surface area contributed by atoms with E-state index in [1.165, 1.54) is 31.3 Å². The first-order valence-corrected chi connectivity index (χ1v) is 5.42. The normalized spacial score (nSPS) is 23.1. The average molecular weight is 180 g/mol. The van der Waals surface area contributed by atoms with Gasteiger partial charge >= 0.3 is 0 Å². The smallest absolute Gasteiger partial charge is 0.155 e. The molecule has 0 aromatic carbocycles. The lowest BCUT2D eigenvalue weighted by molar-refractivity contribution is -0.116. The van der Waals surface area contributed by atoms with E-state index in [1.54, 1.807) is 0 Å². The van der Waals surface area contributed by atoms with Gasteiger partial charge in [-0.3, -0.25) is 4.79 Å². The maximum absolute atomic E-state index is 11.2. The quantitative estimate of drug-likeness (QED) is 0.605. The van der Waals surface area contributed by atoms with E-state index in [0.717, 1.165) is 12.8 Å². The summed E-state index contributed by atoms with van der Waals surface area (Å²) in [6.45, 7) is 4.29. The fourth-order valence-electron chi connectivity index (χ4n) is 2.09. The van der Waals surface area contributed by atoms with Crippen molar-refractivity contribution in [3.8, 4) is 0 Å². The summed E-state index contributed by atoms with van der Waals surface area (Å²) in [4.78, 5) is 11.2. The molecule has 0 radical (unpaired) electrons. The standard InChI is InChI=1S/C12H20O/c1-3-4-5-6-11-7-10(2)8-12(13)9-11/h8,11H,3-7,9H2,1-2H3/t11-/m0/s1. The lowest BCUT2D eigenvalue weighted by Gasteiger charge is -2.19. The summed E-state index contributed by atoms with van der Waals surface area (Å²) in [5.74, 6) is 0.981. The number of carbonyl (C=O) groups is 1. The molecule has 74 valence electrons. The minimum Gasteiger partial charge on any atom is -0.295 e. The van der Waals surface area contributed by atoms with Gasteiger partial charge in [0, 0.05) is 6.42 Å². The van der Waals surface area contributed by atoms with Gasteiger partial charge in [0.2, 0.25) is 0 Å². The Morgan fingerprint density at radius 1 is 1.38 bits per heavy atom. The maximum atomic E-state index is 11.2. The zero-order valence-corrected chi connectivity index (χ0v) is 8.81. The monoisotopic (exact) mass is 180 g/mol. The second-order valence-electron chi connectivity index (χ2n) is 4.23. The van der Waals surface area contributed by atoms with Crippen LogP contribution >= 0.6 is 0 Å². The van der Waals surface area contributed by atoms with Gasteiger partial charge in [-0.2, -0.15) is 0 Å². The maximum Gasteiger partial charge on any atom is 0.155 e. The van der Waals surface area contributed by atoms with Gasteiger partial charge in [0.1, 0.15) is 0 Å². The fourth-order valence-corrected chi connectivity index (χ4v) is 2.09. The third kappa shape index (κ3) is 3.75. The zero-order chi connectivity index (χ0) is 9.68. The van der Waals surface area contributed by atoms with Crippen LogP contribution in [0, 0.1) is 5.92 Å². The average Bonchev–Trinajstić information content (AvgIpc) is 2.03. The summed E-state index contributed by atoms with van der Waals surface area (Å²) < 4.78 is 0. The highest BCUT2D eigenvalue weighted by atomic mass is 16.1. The largest absolute Gasteiger partial charge is 0.295 e. The third-order valence-corrected chi connectivity index (χ3v) is 2.72. The van der Waals surface area contributed by atoms with E-state index in [0.29, 0.717) is 11.7 Å². The molecule has 1 atom stereocenters. The van der Waals surface area contributed by atoms with Crippen LogP contribution in [0.2, 0.25) is 0 Å². The van der Waals surface area contributed by atoms with Gasteiger partial charge in [-0.1, -0.05) is 31.8 Å². The van der Waals surface area contributed by atoms with Crippen molar-refractivity contribution in [3.05, 3.63) is 11.6 Å². The first-order valence-electron chi connectivity index (χ1n) is 5.42. The molecule has 0 amide bonds. The topological polar surface area (TPSA) is 17.1 Å². The van der Waals surface area contributed by atoms with Crippen LogP contribution in [-0.2, 0) is 4.79 Å². The van der Waals surface area contributed by atoms with Crippen molar-refractivity contribution in [2.24, 2.45) is 5.92 Å². The predicted octanol–water partition coefficient (Wildman–Crippen LogP) is 3.49. The highest BCUT2D eigenvalue weighted by Crippen LogP contribution is 2.26. The Bertz CT molecular complexity index is 203. The number of allylic oxidation sites excluding steroid dienone is 2. The van der Waals surface area contributed by atoms with Crippen LogP contribution in [0.1, 0.15) is 52.4 Å². The van der Waals surface area contributed by atoms with Gasteiger partial charge in [0.15, 0.2) is 5.78 Å². The minimum atomic E-state index is 0.338. The molecule has 0 saturated heterocycles. The van der Waals surface area contributed by atoms with Crippen LogP contribution in [0.15, 0.2) is 11.6 Å². The van der Waals surface area contributed by atoms with Crippen LogP contribution in [-0.4, -0.2) is 5.78 Å². The zero-order valence-electron chi connectivity index (χ0n) is 8.81. The van der Waals surface area contributed by atoms with Crippen LogP contribution in [0.4, 0.5) is 0 Å². The number of hydrogen-bond acceptors (Lipinski definition) is 1. The van der Waals surface area contributed by atoms with Gasteiger partial charge in [-0.05, 0) is 31.8 Å². The Morgan fingerprint density at radius 3 is 2.77 bits per heavy atom. The summed E-state index contributed by atoms with van der Waals surface area (Å²) in [6, 6.07) is 0. The third-order valence-electron chi connectivity index (χ3n) is 2.72. The number of ketones is 1. The van der Waals surface area contributed by atoms with E-state index in [2.05, 4.69) is 13.8 Å². The molecule has 1 rings (SSSR count). The molecule has 1 heteroatoms. The van der Waals surface area contributed by atoms with Gasteiger partial charge in [0.25, 0.3) is 0 Å². The van der Waals surface area contributed by atoms with Crippen molar-refractivity contribution in [2.75, 3.05) is 0 Å². The van der Waals surface area contributed by atoms with E-state index in [9.17, 15) is 4.79 Å². The number of carbonyl (C=O) groups excluding carboxylic acids is 1. The lowest BCUT2D eigenvalue weighted by Crippen LogP contribution is -2.13. The van der Waals surface area contributed by atoms with E-state index < -0.39 is 0 Å². The van der Waals surface area contributed by atoms with Crippen molar-refractivity contribution >= 4 is 5.78 Å².